The lowest BCUT2D eigenvalue weighted by Gasteiger charge is -2.31. The van der Waals surface area contributed by atoms with E-state index >= 15 is 0 Å². The molecule has 0 aliphatic heterocycles. The van der Waals surface area contributed by atoms with Crippen LogP contribution in [0.3, 0.4) is 0 Å². The lowest BCUT2D eigenvalue weighted by molar-refractivity contribution is -0.183. The van der Waals surface area contributed by atoms with Crippen molar-refractivity contribution >= 4 is 6.03 Å². The van der Waals surface area contributed by atoms with Gasteiger partial charge in [-0.3, -0.25) is 0 Å². The van der Waals surface area contributed by atoms with Gasteiger partial charge in [-0.15, -0.1) is 0 Å². The van der Waals surface area contributed by atoms with Gasteiger partial charge in [-0.1, -0.05) is 18.6 Å². The van der Waals surface area contributed by atoms with Crippen molar-refractivity contribution in [1.29, 1.82) is 0 Å². The molecule has 2 N–H and O–H groups in total. The summed E-state index contributed by atoms with van der Waals surface area (Å²) in [6, 6.07) is 6.46. The maximum absolute atomic E-state index is 12.8. The van der Waals surface area contributed by atoms with Crippen LogP contribution < -0.4 is 15.4 Å². The minimum atomic E-state index is -4.18. The highest BCUT2D eigenvalue weighted by Gasteiger charge is 2.42. The van der Waals surface area contributed by atoms with E-state index in [1.165, 1.54) is 0 Å². The van der Waals surface area contributed by atoms with Crippen molar-refractivity contribution in [2.75, 3.05) is 6.61 Å². The summed E-state index contributed by atoms with van der Waals surface area (Å²) in [6.45, 7) is 2.73. The number of benzene rings is 1. The number of carbonyl (C=O) groups excluding carboxylic acids is 1. The molecular weight excluding hydrogens is 321 g/mol. The summed E-state index contributed by atoms with van der Waals surface area (Å²) < 4.78 is 43.7. The summed E-state index contributed by atoms with van der Waals surface area (Å²) in [7, 11) is 0. The third kappa shape index (κ3) is 5.62. The predicted octanol–water partition coefficient (Wildman–Crippen LogP) is 4.01. The van der Waals surface area contributed by atoms with Crippen LogP contribution in [0.25, 0.3) is 0 Å². The smallest absolute Gasteiger partial charge is 0.391 e. The first-order chi connectivity index (χ1) is 11.4. The standard InChI is InChI=1S/C17H23F3N2O2/c1-2-24-15-8-3-5-12(9-15)11-21-16(23)22-14-7-4-6-13(10-14)17(18,19)20/h3,5,8-9,13-14H,2,4,6-7,10-11H2,1H3,(H2,21,22,23). The molecular formula is C17H23F3N2O2. The van der Waals surface area contributed by atoms with Crippen molar-refractivity contribution in [3.63, 3.8) is 0 Å². The Hall–Kier alpha value is -1.92. The first kappa shape index (κ1) is 18.4. The van der Waals surface area contributed by atoms with Gasteiger partial charge in [0.05, 0.1) is 12.5 Å². The Morgan fingerprint density at radius 3 is 2.83 bits per heavy atom. The number of carbonyl (C=O) groups is 1. The Morgan fingerprint density at radius 2 is 2.12 bits per heavy atom. The van der Waals surface area contributed by atoms with Gasteiger partial charge in [0, 0.05) is 12.6 Å². The van der Waals surface area contributed by atoms with Crippen LogP contribution in [-0.2, 0) is 6.54 Å². The molecule has 1 saturated carbocycles. The molecule has 2 amide bonds. The molecule has 24 heavy (non-hydrogen) atoms. The van der Waals surface area contributed by atoms with Crippen LogP contribution in [0.2, 0.25) is 0 Å². The topological polar surface area (TPSA) is 50.4 Å². The zero-order valence-corrected chi connectivity index (χ0v) is 13.7. The molecule has 1 fully saturated rings. The first-order valence-corrected chi connectivity index (χ1v) is 8.21. The predicted molar refractivity (Wildman–Crippen MR) is 84.8 cm³/mol. The quantitative estimate of drug-likeness (QED) is 0.848. The van der Waals surface area contributed by atoms with Crippen molar-refractivity contribution in [2.24, 2.45) is 5.92 Å². The summed E-state index contributed by atoms with van der Waals surface area (Å²) in [6.07, 6.45) is -3.02. The molecule has 1 aromatic rings. The van der Waals surface area contributed by atoms with E-state index in [0.29, 0.717) is 26.0 Å². The monoisotopic (exact) mass is 344 g/mol. The van der Waals surface area contributed by atoms with Crippen LogP contribution in [0.1, 0.15) is 38.2 Å². The normalized spacial score (nSPS) is 21.2. The average molecular weight is 344 g/mol. The fraction of sp³-hybridized carbons (Fsp3) is 0.588. The van der Waals surface area contributed by atoms with Gasteiger partial charge in [-0.05, 0) is 43.9 Å². The number of hydrogen-bond acceptors (Lipinski definition) is 2. The lowest BCUT2D eigenvalue weighted by Crippen LogP contribution is -2.45. The Labute approximate surface area is 139 Å². The third-order valence-electron chi connectivity index (χ3n) is 4.13. The molecule has 7 heteroatoms. The third-order valence-corrected chi connectivity index (χ3v) is 4.13. The molecule has 0 aromatic heterocycles. The van der Waals surface area contributed by atoms with Crippen molar-refractivity contribution < 1.29 is 22.7 Å². The Balaban J connectivity index is 1.80. The molecule has 2 unspecified atom stereocenters. The molecule has 134 valence electrons. The summed E-state index contributed by atoms with van der Waals surface area (Å²) in [5.41, 5.74) is 0.868. The van der Waals surface area contributed by atoms with Gasteiger partial charge in [0.25, 0.3) is 0 Å². The van der Waals surface area contributed by atoms with E-state index in [1.807, 2.05) is 31.2 Å². The van der Waals surface area contributed by atoms with Crippen LogP contribution in [-0.4, -0.2) is 24.9 Å². The Morgan fingerprint density at radius 1 is 1.33 bits per heavy atom. The van der Waals surface area contributed by atoms with Crippen LogP contribution in [0.15, 0.2) is 24.3 Å². The number of amides is 2. The van der Waals surface area contributed by atoms with E-state index in [0.717, 1.165) is 11.3 Å². The number of alkyl halides is 3. The minimum absolute atomic E-state index is 0.0449. The lowest BCUT2D eigenvalue weighted by atomic mass is 9.85. The molecule has 0 bridgehead atoms. The highest BCUT2D eigenvalue weighted by molar-refractivity contribution is 5.74. The van der Waals surface area contributed by atoms with Gasteiger partial charge in [-0.25, -0.2) is 4.79 Å². The molecule has 0 saturated heterocycles. The number of rotatable bonds is 5. The van der Waals surface area contributed by atoms with E-state index < -0.39 is 24.2 Å². The SMILES string of the molecule is CCOc1cccc(CNC(=O)NC2CCCC(C(F)(F)F)C2)c1. The summed E-state index contributed by atoms with van der Waals surface area (Å²) in [5, 5.41) is 5.33. The van der Waals surface area contributed by atoms with E-state index in [9.17, 15) is 18.0 Å². The van der Waals surface area contributed by atoms with E-state index in [2.05, 4.69) is 10.6 Å². The Kier molecular flexibility index (Phi) is 6.34. The number of nitrogens with one attached hydrogen (secondary N) is 2. The van der Waals surface area contributed by atoms with E-state index in [-0.39, 0.29) is 12.8 Å². The second kappa shape index (κ2) is 8.26. The molecule has 2 atom stereocenters. The second-order valence-corrected chi connectivity index (χ2v) is 6.01. The molecule has 0 radical (unpaired) electrons. The maximum Gasteiger partial charge on any atom is 0.391 e. The molecule has 1 aliphatic rings. The summed E-state index contributed by atoms with van der Waals surface area (Å²) in [4.78, 5) is 11.9. The molecule has 1 aromatic carbocycles. The van der Waals surface area contributed by atoms with Gasteiger partial charge >= 0.3 is 12.2 Å². The highest BCUT2D eigenvalue weighted by atomic mass is 19.4. The fourth-order valence-electron chi connectivity index (χ4n) is 2.95. The average Bonchev–Trinajstić information content (AvgIpc) is 2.53. The zero-order chi connectivity index (χ0) is 17.6. The van der Waals surface area contributed by atoms with Gasteiger partial charge in [0.2, 0.25) is 0 Å². The van der Waals surface area contributed by atoms with Crippen molar-refractivity contribution in [2.45, 2.75) is 51.4 Å². The van der Waals surface area contributed by atoms with Crippen molar-refractivity contribution in [3.8, 4) is 5.75 Å². The van der Waals surface area contributed by atoms with Crippen LogP contribution >= 0.6 is 0 Å². The van der Waals surface area contributed by atoms with Gasteiger partial charge in [-0.2, -0.15) is 13.2 Å². The van der Waals surface area contributed by atoms with E-state index in [1.54, 1.807) is 0 Å². The molecule has 2 rings (SSSR count). The molecule has 0 spiro atoms. The number of urea groups is 1. The minimum Gasteiger partial charge on any atom is -0.494 e. The summed E-state index contributed by atoms with van der Waals surface area (Å²) in [5.74, 6) is -0.600. The zero-order valence-electron chi connectivity index (χ0n) is 13.7. The molecule has 4 nitrogen and oxygen atoms in total. The summed E-state index contributed by atoms with van der Waals surface area (Å²) >= 11 is 0. The maximum atomic E-state index is 12.8. The Bertz CT molecular complexity index is 549. The van der Waals surface area contributed by atoms with E-state index in [4.69, 9.17) is 4.74 Å². The first-order valence-electron chi connectivity index (χ1n) is 8.21. The molecule has 0 heterocycles. The van der Waals surface area contributed by atoms with Crippen LogP contribution in [0.5, 0.6) is 5.75 Å². The second-order valence-electron chi connectivity index (χ2n) is 6.01. The number of ether oxygens (including phenoxy) is 1. The van der Waals surface area contributed by atoms with Gasteiger partial charge in [0.15, 0.2) is 0 Å². The van der Waals surface area contributed by atoms with Crippen molar-refractivity contribution in [1.82, 2.24) is 10.6 Å². The van der Waals surface area contributed by atoms with Crippen molar-refractivity contribution in [3.05, 3.63) is 29.8 Å². The number of hydrogen-bond donors (Lipinski definition) is 2. The largest absolute Gasteiger partial charge is 0.494 e. The van der Waals surface area contributed by atoms with Crippen LogP contribution in [0.4, 0.5) is 18.0 Å². The number of halogens is 3. The molecule has 1 aliphatic carbocycles. The van der Waals surface area contributed by atoms with Gasteiger partial charge in [0.1, 0.15) is 5.75 Å². The van der Waals surface area contributed by atoms with Crippen LogP contribution in [0, 0.1) is 5.92 Å². The highest BCUT2D eigenvalue weighted by Crippen LogP contribution is 2.37. The van der Waals surface area contributed by atoms with Gasteiger partial charge < -0.3 is 15.4 Å². The fourth-order valence-corrected chi connectivity index (χ4v) is 2.95.